The minimum absolute atomic E-state index is 0.265. The monoisotopic (exact) mass is 330 g/mol. The van der Waals surface area contributed by atoms with Crippen molar-refractivity contribution in [2.24, 2.45) is 0 Å². The van der Waals surface area contributed by atoms with Gasteiger partial charge in [0.25, 0.3) is 0 Å². The fraction of sp³-hybridized carbons (Fsp3) is 0.182. The Bertz CT molecular complexity index is 428. The fourth-order valence-corrected chi connectivity index (χ4v) is 2.51. The second kappa shape index (κ2) is 4.94. The Kier molecular flexibility index (Phi) is 3.58. The quantitative estimate of drug-likeness (QED) is 0.863. The molecule has 1 unspecified atom stereocenters. The molecule has 0 aliphatic rings. The highest BCUT2D eigenvalue weighted by molar-refractivity contribution is 14.1. The van der Waals surface area contributed by atoms with E-state index in [9.17, 15) is 0 Å². The molecule has 2 rings (SSSR count). The zero-order chi connectivity index (χ0) is 10.7. The van der Waals surface area contributed by atoms with Crippen molar-refractivity contribution in [2.75, 3.05) is 5.32 Å². The summed E-state index contributed by atoms with van der Waals surface area (Å²) in [6, 6.07) is 8.53. The molecule has 0 amide bonds. The van der Waals surface area contributed by atoms with Crippen LogP contribution in [0.1, 0.15) is 18.0 Å². The number of halogens is 1. The van der Waals surface area contributed by atoms with Crippen molar-refractivity contribution in [3.8, 4) is 0 Å². The molecule has 1 heterocycles. The van der Waals surface area contributed by atoms with Crippen molar-refractivity contribution in [3.05, 3.63) is 44.4 Å². The number of para-hydroxylation sites is 1. The molecule has 0 bridgehead atoms. The summed E-state index contributed by atoms with van der Waals surface area (Å²) in [5.41, 5.74) is 1.17. The van der Waals surface area contributed by atoms with Crippen LogP contribution in [0, 0.1) is 3.57 Å². The largest absolute Gasteiger partial charge is 0.375 e. The van der Waals surface area contributed by atoms with E-state index in [1.165, 1.54) is 9.26 Å². The van der Waals surface area contributed by atoms with Crippen molar-refractivity contribution in [1.82, 2.24) is 4.98 Å². The maximum atomic E-state index is 4.30. The van der Waals surface area contributed by atoms with Crippen LogP contribution in [-0.2, 0) is 0 Å². The molecule has 0 saturated heterocycles. The van der Waals surface area contributed by atoms with Crippen LogP contribution in [0.5, 0.6) is 0 Å². The minimum Gasteiger partial charge on any atom is -0.375 e. The summed E-state index contributed by atoms with van der Waals surface area (Å²) in [7, 11) is 0. The number of hydrogen-bond donors (Lipinski definition) is 1. The van der Waals surface area contributed by atoms with Gasteiger partial charge in [-0.2, -0.15) is 0 Å². The predicted octanol–water partition coefficient (Wildman–Crippen LogP) is 3.92. The Balaban J connectivity index is 2.13. The van der Waals surface area contributed by atoms with Crippen molar-refractivity contribution >= 4 is 39.6 Å². The van der Waals surface area contributed by atoms with Crippen LogP contribution in [0.3, 0.4) is 0 Å². The van der Waals surface area contributed by atoms with Crippen LogP contribution < -0.4 is 5.32 Å². The number of aromatic nitrogens is 1. The van der Waals surface area contributed by atoms with Gasteiger partial charge in [0.05, 0.1) is 6.04 Å². The maximum absolute atomic E-state index is 4.30. The summed E-state index contributed by atoms with van der Waals surface area (Å²) in [4.78, 5) is 4.30. The molecular formula is C11H11IN2S. The van der Waals surface area contributed by atoms with Gasteiger partial charge in [-0.05, 0) is 41.6 Å². The third-order valence-corrected chi connectivity index (χ3v) is 3.97. The average molecular weight is 330 g/mol. The van der Waals surface area contributed by atoms with Crippen molar-refractivity contribution in [3.63, 3.8) is 0 Å². The Morgan fingerprint density at radius 3 is 2.87 bits per heavy atom. The van der Waals surface area contributed by atoms with Gasteiger partial charge in [-0.15, -0.1) is 11.3 Å². The Hall–Kier alpha value is -0.620. The van der Waals surface area contributed by atoms with E-state index in [1.54, 1.807) is 11.3 Å². The molecule has 0 fully saturated rings. The van der Waals surface area contributed by atoms with Crippen molar-refractivity contribution < 1.29 is 0 Å². The molecule has 4 heteroatoms. The van der Waals surface area contributed by atoms with Gasteiger partial charge in [0, 0.05) is 20.8 Å². The molecular weight excluding hydrogens is 319 g/mol. The van der Waals surface area contributed by atoms with Gasteiger partial charge >= 0.3 is 0 Å². The fourth-order valence-electron chi connectivity index (χ4n) is 1.32. The molecule has 0 radical (unpaired) electrons. The lowest BCUT2D eigenvalue weighted by atomic mass is 10.3. The molecule has 1 aromatic carbocycles. The number of rotatable bonds is 3. The lowest BCUT2D eigenvalue weighted by Crippen LogP contribution is -2.06. The van der Waals surface area contributed by atoms with Gasteiger partial charge in [0.1, 0.15) is 5.01 Å². The van der Waals surface area contributed by atoms with Crippen molar-refractivity contribution in [2.45, 2.75) is 13.0 Å². The Morgan fingerprint density at radius 1 is 1.40 bits per heavy atom. The Morgan fingerprint density at radius 2 is 2.20 bits per heavy atom. The lowest BCUT2D eigenvalue weighted by Gasteiger charge is -2.13. The van der Waals surface area contributed by atoms with Crippen molar-refractivity contribution in [1.29, 1.82) is 0 Å². The van der Waals surface area contributed by atoms with Gasteiger partial charge in [-0.25, -0.2) is 4.98 Å². The molecule has 0 saturated carbocycles. The van der Waals surface area contributed by atoms with E-state index in [0.717, 1.165) is 5.01 Å². The highest BCUT2D eigenvalue weighted by Gasteiger charge is 2.08. The number of thiazole rings is 1. The summed E-state index contributed by atoms with van der Waals surface area (Å²) in [6.45, 7) is 2.13. The van der Waals surface area contributed by atoms with E-state index >= 15 is 0 Å². The highest BCUT2D eigenvalue weighted by Crippen LogP contribution is 2.24. The minimum atomic E-state index is 0.265. The summed E-state index contributed by atoms with van der Waals surface area (Å²) in [5, 5.41) is 6.58. The Labute approximate surface area is 107 Å². The standard InChI is InChI=1S/C11H11IN2S/c1-8(11-13-6-7-15-11)14-10-5-3-2-4-9(10)12/h2-8,14H,1H3. The second-order valence-corrected chi connectivity index (χ2v) is 5.30. The van der Waals surface area contributed by atoms with Crippen LogP contribution in [0.15, 0.2) is 35.8 Å². The first-order chi connectivity index (χ1) is 7.27. The number of hydrogen-bond acceptors (Lipinski definition) is 3. The third kappa shape index (κ3) is 2.69. The van der Waals surface area contributed by atoms with E-state index in [0.29, 0.717) is 0 Å². The summed E-state index contributed by atoms with van der Waals surface area (Å²) >= 11 is 4.01. The number of anilines is 1. The van der Waals surface area contributed by atoms with Crippen LogP contribution in [0.4, 0.5) is 5.69 Å². The van der Waals surface area contributed by atoms with Crippen LogP contribution in [-0.4, -0.2) is 4.98 Å². The number of benzene rings is 1. The van der Waals surface area contributed by atoms with Gasteiger partial charge in [0.15, 0.2) is 0 Å². The molecule has 2 aromatic rings. The zero-order valence-electron chi connectivity index (χ0n) is 8.27. The second-order valence-electron chi connectivity index (χ2n) is 3.22. The van der Waals surface area contributed by atoms with Crippen LogP contribution in [0.2, 0.25) is 0 Å². The lowest BCUT2D eigenvalue weighted by molar-refractivity contribution is 0.868. The molecule has 1 N–H and O–H groups in total. The van der Waals surface area contributed by atoms with Gasteiger partial charge in [-0.1, -0.05) is 12.1 Å². The maximum Gasteiger partial charge on any atom is 0.115 e. The van der Waals surface area contributed by atoms with E-state index in [1.807, 2.05) is 23.7 Å². The smallest absolute Gasteiger partial charge is 0.115 e. The van der Waals surface area contributed by atoms with Gasteiger partial charge in [0.2, 0.25) is 0 Å². The van der Waals surface area contributed by atoms with Gasteiger partial charge in [-0.3, -0.25) is 0 Å². The highest BCUT2D eigenvalue weighted by atomic mass is 127. The van der Waals surface area contributed by atoms with Gasteiger partial charge < -0.3 is 5.32 Å². The van der Waals surface area contributed by atoms with Crippen LogP contribution >= 0.6 is 33.9 Å². The topological polar surface area (TPSA) is 24.9 Å². The number of nitrogens with one attached hydrogen (secondary N) is 1. The normalized spacial score (nSPS) is 12.4. The van der Waals surface area contributed by atoms with E-state index < -0.39 is 0 Å². The molecule has 1 atom stereocenters. The third-order valence-electron chi connectivity index (χ3n) is 2.07. The summed E-state index contributed by atoms with van der Waals surface area (Å²) in [6.07, 6.45) is 1.84. The SMILES string of the molecule is CC(Nc1ccccc1I)c1nccs1. The molecule has 78 valence electrons. The number of nitrogens with zero attached hydrogens (tertiary/aromatic N) is 1. The van der Waals surface area contributed by atoms with E-state index in [-0.39, 0.29) is 6.04 Å². The van der Waals surface area contributed by atoms with E-state index in [2.05, 4.69) is 51.9 Å². The van der Waals surface area contributed by atoms with E-state index in [4.69, 9.17) is 0 Å². The zero-order valence-corrected chi connectivity index (χ0v) is 11.2. The predicted molar refractivity (Wildman–Crippen MR) is 73.3 cm³/mol. The molecule has 0 aliphatic carbocycles. The molecule has 1 aromatic heterocycles. The molecule has 2 nitrogen and oxygen atoms in total. The van der Waals surface area contributed by atoms with Crippen LogP contribution in [0.25, 0.3) is 0 Å². The first-order valence-electron chi connectivity index (χ1n) is 4.68. The average Bonchev–Trinajstić information content (AvgIpc) is 2.74. The molecule has 0 aliphatic heterocycles. The summed E-state index contributed by atoms with van der Waals surface area (Å²) in [5.74, 6) is 0. The first kappa shape index (κ1) is 10.9. The molecule has 0 spiro atoms. The first-order valence-corrected chi connectivity index (χ1v) is 6.63. The molecule has 15 heavy (non-hydrogen) atoms. The summed E-state index contributed by atoms with van der Waals surface area (Å²) < 4.78 is 1.23.